The van der Waals surface area contributed by atoms with Gasteiger partial charge >= 0.3 is 0 Å². The largest absolute Gasteiger partial charge is 0.393 e. The van der Waals surface area contributed by atoms with Crippen molar-refractivity contribution in [2.24, 2.45) is 17.6 Å². The monoisotopic (exact) mass is 170 g/mol. The Balaban J connectivity index is 1.79. The van der Waals surface area contributed by atoms with Crippen LogP contribution in [0.2, 0.25) is 0 Å². The first-order valence-corrected chi connectivity index (χ1v) is 4.93. The highest BCUT2D eigenvalue weighted by Crippen LogP contribution is 2.44. The highest BCUT2D eigenvalue weighted by atomic mass is 16.3. The summed E-state index contributed by atoms with van der Waals surface area (Å²) in [7, 11) is 0. The lowest BCUT2D eigenvalue weighted by molar-refractivity contribution is 0.223. The van der Waals surface area contributed by atoms with Gasteiger partial charge in [-0.3, -0.25) is 5.32 Å². The molecule has 4 N–H and O–H groups in total. The van der Waals surface area contributed by atoms with Crippen LogP contribution in [0.5, 0.6) is 0 Å². The van der Waals surface area contributed by atoms with Gasteiger partial charge in [0.05, 0.1) is 12.8 Å². The van der Waals surface area contributed by atoms with Crippen molar-refractivity contribution in [2.75, 3.05) is 6.61 Å². The minimum absolute atomic E-state index is 0.0515. The number of hydrogen-bond donors (Lipinski definition) is 3. The van der Waals surface area contributed by atoms with Gasteiger partial charge in [-0.25, -0.2) is 0 Å². The lowest BCUT2D eigenvalue weighted by atomic mass is 10.1. The molecular weight excluding hydrogens is 152 g/mol. The van der Waals surface area contributed by atoms with Gasteiger partial charge in [0, 0.05) is 6.04 Å². The van der Waals surface area contributed by atoms with Gasteiger partial charge in [-0.05, 0) is 37.5 Å². The highest BCUT2D eigenvalue weighted by Gasteiger charge is 2.41. The van der Waals surface area contributed by atoms with E-state index in [4.69, 9.17) is 10.8 Å². The van der Waals surface area contributed by atoms with Gasteiger partial charge in [-0.15, -0.1) is 0 Å². The smallest absolute Gasteiger partial charge is 0.0787 e. The third-order valence-corrected chi connectivity index (χ3v) is 2.86. The molecule has 0 aromatic heterocycles. The van der Waals surface area contributed by atoms with Gasteiger partial charge in [0.2, 0.25) is 0 Å². The van der Waals surface area contributed by atoms with Crippen LogP contribution in [-0.4, -0.2) is 23.9 Å². The molecule has 0 bridgehead atoms. The van der Waals surface area contributed by atoms with Crippen LogP contribution < -0.4 is 11.1 Å². The molecule has 12 heavy (non-hydrogen) atoms. The fourth-order valence-corrected chi connectivity index (χ4v) is 1.87. The average Bonchev–Trinajstić information content (AvgIpc) is 2.87. The molecule has 3 nitrogen and oxygen atoms in total. The summed E-state index contributed by atoms with van der Waals surface area (Å²) in [6, 6.07) is 0.604. The number of aliphatic hydroxyl groups excluding tert-OH is 1. The fourth-order valence-electron chi connectivity index (χ4n) is 1.87. The minimum Gasteiger partial charge on any atom is -0.393 e. The van der Waals surface area contributed by atoms with Crippen molar-refractivity contribution < 1.29 is 5.11 Å². The molecule has 2 saturated carbocycles. The lowest BCUT2D eigenvalue weighted by Crippen LogP contribution is -2.48. The van der Waals surface area contributed by atoms with Gasteiger partial charge < -0.3 is 10.8 Å². The quantitative estimate of drug-likeness (QED) is 0.511. The average molecular weight is 170 g/mol. The van der Waals surface area contributed by atoms with E-state index in [2.05, 4.69) is 5.32 Å². The molecule has 2 rings (SSSR count). The van der Waals surface area contributed by atoms with Crippen LogP contribution in [-0.2, 0) is 0 Å². The van der Waals surface area contributed by atoms with Crippen LogP contribution in [0.4, 0.5) is 0 Å². The summed E-state index contributed by atoms with van der Waals surface area (Å²) >= 11 is 0. The normalized spacial score (nSPS) is 26.2. The van der Waals surface area contributed by atoms with Crippen LogP contribution in [0.1, 0.15) is 25.7 Å². The summed E-state index contributed by atoms with van der Waals surface area (Å²) in [5.41, 5.74) is 5.64. The summed E-state index contributed by atoms with van der Waals surface area (Å²) < 4.78 is 0. The van der Waals surface area contributed by atoms with E-state index in [1.807, 2.05) is 0 Å². The second-order valence-electron chi connectivity index (χ2n) is 4.16. The molecule has 0 saturated heterocycles. The van der Waals surface area contributed by atoms with Gasteiger partial charge in [0.1, 0.15) is 0 Å². The molecule has 0 aromatic carbocycles. The van der Waals surface area contributed by atoms with Crippen molar-refractivity contribution in [2.45, 2.75) is 37.9 Å². The zero-order chi connectivity index (χ0) is 8.55. The highest BCUT2D eigenvalue weighted by molar-refractivity contribution is 4.96. The zero-order valence-corrected chi connectivity index (χ0v) is 7.37. The van der Waals surface area contributed by atoms with E-state index < -0.39 is 0 Å². The van der Waals surface area contributed by atoms with Crippen LogP contribution in [0.3, 0.4) is 0 Å². The second kappa shape index (κ2) is 3.32. The van der Waals surface area contributed by atoms with Crippen LogP contribution >= 0.6 is 0 Å². The second-order valence-corrected chi connectivity index (χ2v) is 4.16. The van der Waals surface area contributed by atoms with Crippen molar-refractivity contribution in [1.82, 2.24) is 5.32 Å². The Kier molecular flexibility index (Phi) is 2.35. The SMILES string of the molecule is NC(CO)NC(C1CC1)C1CC1. The van der Waals surface area contributed by atoms with Crippen molar-refractivity contribution in [3.05, 3.63) is 0 Å². The Morgan fingerprint density at radius 2 is 1.75 bits per heavy atom. The molecule has 3 heteroatoms. The molecule has 0 amide bonds. The standard InChI is InChI=1S/C9H18N2O/c10-8(5-12)11-9(6-1-2-6)7-3-4-7/h6-9,11-12H,1-5,10H2. The maximum absolute atomic E-state index is 8.80. The summed E-state index contributed by atoms with van der Waals surface area (Å²) in [5, 5.41) is 12.1. The molecule has 0 radical (unpaired) electrons. The van der Waals surface area contributed by atoms with Crippen molar-refractivity contribution in [3.8, 4) is 0 Å². The maximum atomic E-state index is 8.80. The first-order chi connectivity index (χ1) is 5.81. The van der Waals surface area contributed by atoms with Gasteiger partial charge in [-0.1, -0.05) is 0 Å². The number of nitrogens with one attached hydrogen (secondary N) is 1. The van der Waals surface area contributed by atoms with E-state index in [1.54, 1.807) is 0 Å². The van der Waals surface area contributed by atoms with E-state index in [9.17, 15) is 0 Å². The van der Waals surface area contributed by atoms with Crippen LogP contribution in [0, 0.1) is 11.8 Å². The van der Waals surface area contributed by atoms with E-state index in [0.717, 1.165) is 11.8 Å². The van der Waals surface area contributed by atoms with Crippen molar-refractivity contribution >= 4 is 0 Å². The number of nitrogens with two attached hydrogens (primary N) is 1. The summed E-state index contributed by atoms with van der Waals surface area (Å²) in [4.78, 5) is 0. The van der Waals surface area contributed by atoms with Gasteiger partial charge in [-0.2, -0.15) is 0 Å². The Morgan fingerprint density at radius 1 is 1.25 bits per heavy atom. The molecule has 0 spiro atoms. The molecule has 70 valence electrons. The summed E-state index contributed by atoms with van der Waals surface area (Å²) in [5.74, 6) is 1.71. The molecule has 1 unspecified atom stereocenters. The lowest BCUT2D eigenvalue weighted by Gasteiger charge is -2.21. The summed E-state index contributed by atoms with van der Waals surface area (Å²) in [6.07, 6.45) is 5.20. The predicted molar refractivity (Wildman–Crippen MR) is 47.4 cm³/mol. The van der Waals surface area contributed by atoms with Crippen molar-refractivity contribution in [3.63, 3.8) is 0 Å². The maximum Gasteiger partial charge on any atom is 0.0787 e. The minimum atomic E-state index is -0.212. The molecular formula is C9H18N2O. The predicted octanol–water partition coefficient (Wildman–Crippen LogP) is 0.0417. The topological polar surface area (TPSA) is 58.3 Å². The first kappa shape index (κ1) is 8.48. The molecule has 2 aliphatic carbocycles. The fraction of sp³-hybridized carbons (Fsp3) is 1.00. The Bertz CT molecular complexity index is 143. The third-order valence-electron chi connectivity index (χ3n) is 2.86. The molecule has 0 aliphatic heterocycles. The summed E-state index contributed by atoms with van der Waals surface area (Å²) in [6.45, 7) is 0.0515. The van der Waals surface area contributed by atoms with Crippen LogP contribution in [0.15, 0.2) is 0 Å². The molecule has 1 atom stereocenters. The van der Waals surface area contributed by atoms with Gasteiger partial charge in [0.25, 0.3) is 0 Å². The first-order valence-electron chi connectivity index (χ1n) is 4.93. The van der Waals surface area contributed by atoms with E-state index in [0.29, 0.717) is 6.04 Å². The Labute approximate surface area is 73.3 Å². The third kappa shape index (κ3) is 1.97. The Hall–Kier alpha value is -0.120. The number of aliphatic hydroxyl groups is 1. The Morgan fingerprint density at radius 3 is 2.08 bits per heavy atom. The number of rotatable bonds is 5. The molecule has 2 aliphatic rings. The molecule has 0 aromatic rings. The molecule has 2 fully saturated rings. The van der Waals surface area contributed by atoms with Gasteiger partial charge in [0.15, 0.2) is 0 Å². The van der Waals surface area contributed by atoms with Crippen molar-refractivity contribution in [1.29, 1.82) is 0 Å². The zero-order valence-electron chi connectivity index (χ0n) is 7.37. The van der Waals surface area contributed by atoms with Crippen LogP contribution in [0.25, 0.3) is 0 Å². The number of hydrogen-bond acceptors (Lipinski definition) is 3. The van der Waals surface area contributed by atoms with E-state index >= 15 is 0 Å². The van der Waals surface area contributed by atoms with E-state index in [-0.39, 0.29) is 12.8 Å². The van der Waals surface area contributed by atoms with E-state index in [1.165, 1.54) is 25.7 Å². The molecule has 0 heterocycles.